The number of aromatic nitrogens is 8. The number of hydrogen-bond acceptors (Lipinski definition) is 9. The number of alkyl carbamates (subject to hydrolysis) is 1. The maximum Gasteiger partial charge on any atom is 0.407 e. The van der Waals surface area contributed by atoms with Crippen LogP contribution in [0, 0.1) is 6.92 Å². The summed E-state index contributed by atoms with van der Waals surface area (Å²) in [6.45, 7) is -0.949. The number of carbonyl (C=O) groups is 1. The zero-order valence-corrected chi connectivity index (χ0v) is 24.2. The van der Waals surface area contributed by atoms with E-state index in [-0.39, 0.29) is 53.3 Å². The van der Waals surface area contributed by atoms with Gasteiger partial charge in [-0.05, 0) is 46.1 Å². The fraction of sp³-hybridized carbons (Fsp3) is 0.429. The third kappa shape index (κ3) is 5.04. The normalized spacial score (nSPS) is 20.5. The van der Waals surface area contributed by atoms with Gasteiger partial charge in [0.1, 0.15) is 23.0 Å². The van der Waals surface area contributed by atoms with Crippen molar-refractivity contribution < 1.29 is 28.9 Å². The lowest BCUT2D eigenvalue weighted by Crippen LogP contribution is -2.33. The SMILES string of the molecule is [2H]C([2H])([2H])n1c(=O)n([C@@H]2CC[C@@]([2H])(NC(=O)OC)C2)c2cc(Nc3cc(C(C)(C)O)c4nc(C)n(-c5cnn(C(F)F)c5)c4n3)ncc21. The van der Waals surface area contributed by atoms with Gasteiger partial charge < -0.3 is 20.5 Å². The van der Waals surface area contributed by atoms with Crippen LogP contribution in [-0.2, 0) is 17.3 Å². The number of pyridine rings is 2. The second kappa shape index (κ2) is 10.7. The molecule has 5 aromatic rings. The maximum absolute atomic E-state index is 13.6. The Morgan fingerprint density at radius 3 is 2.70 bits per heavy atom. The van der Waals surface area contributed by atoms with Gasteiger partial charge in [0.15, 0.2) is 5.65 Å². The van der Waals surface area contributed by atoms with Crippen molar-refractivity contribution in [2.75, 3.05) is 12.4 Å². The Bertz CT molecular complexity index is 2120. The monoisotopic (exact) mass is 614 g/mol. The number of fused-ring (bicyclic) bond motifs is 2. The van der Waals surface area contributed by atoms with Crippen LogP contribution >= 0.6 is 0 Å². The smallest absolute Gasteiger partial charge is 0.407 e. The zero-order chi connectivity index (χ0) is 34.9. The van der Waals surface area contributed by atoms with Gasteiger partial charge in [-0.2, -0.15) is 13.9 Å². The molecule has 0 saturated heterocycles. The van der Waals surface area contributed by atoms with E-state index in [1.807, 2.05) is 0 Å². The van der Waals surface area contributed by atoms with E-state index in [1.165, 1.54) is 34.7 Å². The van der Waals surface area contributed by atoms with Crippen LogP contribution in [0.3, 0.4) is 0 Å². The van der Waals surface area contributed by atoms with Crippen molar-refractivity contribution in [1.82, 2.24) is 43.8 Å². The fourth-order valence-electron chi connectivity index (χ4n) is 5.57. The Kier molecular flexibility index (Phi) is 5.97. The molecule has 16 heteroatoms. The molecule has 232 valence electrons. The third-order valence-electron chi connectivity index (χ3n) is 7.60. The van der Waals surface area contributed by atoms with Crippen LogP contribution in [0.5, 0.6) is 0 Å². The molecule has 1 aliphatic rings. The number of aliphatic hydroxyl groups is 1. The van der Waals surface area contributed by atoms with E-state index in [0.717, 1.165) is 6.20 Å². The highest BCUT2D eigenvalue weighted by Crippen LogP contribution is 2.34. The van der Waals surface area contributed by atoms with Crippen molar-refractivity contribution in [2.45, 2.75) is 64.2 Å². The first-order chi connectivity index (χ1) is 22.4. The molecule has 0 aromatic carbocycles. The number of ether oxygens (including phenoxy) is 1. The van der Waals surface area contributed by atoms with Crippen LogP contribution in [0.15, 0.2) is 35.5 Å². The van der Waals surface area contributed by atoms with Gasteiger partial charge in [0.05, 0.1) is 49.4 Å². The van der Waals surface area contributed by atoms with Gasteiger partial charge >= 0.3 is 18.3 Å². The Balaban J connectivity index is 1.46. The molecule has 0 spiro atoms. The van der Waals surface area contributed by atoms with Crippen molar-refractivity contribution in [3.05, 3.63) is 52.6 Å². The molecule has 1 amide bonds. The summed E-state index contributed by atoms with van der Waals surface area (Å²) < 4.78 is 68.0. The van der Waals surface area contributed by atoms with E-state index in [1.54, 1.807) is 26.8 Å². The number of amides is 1. The van der Waals surface area contributed by atoms with Crippen molar-refractivity contribution in [1.29, 1.82) is 0 Å². The second-order valence-corrected chi connectivity index (χ2v) is 11.0. The van der Waals surface area contributed by atoms with E-state index in [2.05, 4.69) is 35.4 Å². The topological polar surface area (TPSA) is 159 Å². The van der Waals surface area contributed by atoms with Crippen LogP contribution in [0.2, 0.25) is 0 Å². The van der Waals surface area contributed by atoms with Gasteiger partial charge in [0.25, 0.3) is 0 Å². The lowest BCUT2D eigenvalue weighted by atomic mass is 9.98. The van der Waals surface area contributed by atoms with E-state index >= 15 is 0 Å². The van der Waals surface area contributed by atoms with Crippen molar-refractivity contribution in [2.24, 2.45) is 6.98 Å². The highest BCUT2D eigenvalue weighted by molar-refractivity contribution is 5.83. The van der Waals surface area contributed by atoms with Gasteiger partial charge in [-0.1, -0.05) is 0 Å². The minimum absolute atomic E-state index is 0.00581. The average molecular weight is 615 g/mol. The minimum Gasteiger partial charge on any atom is -0.453 e. The Morgan fingerprint density at radius 1 is 1.23 bits per heavy atom. The largest absolute Gasteiger partial charge is 0.453 e. The summed E-state index contributed by atoms with van der Waals surface area (Å²) in [6.07, 6.45) is 3.30. The molecule has 2 atom stereocenters. The summed E-state index contributed by atoms with van der Waals surface area (Å²) >= 11 is 0. The summed E-state index contributed by atoms with van der Waals surface area (Å²) in [5, 5.41) is 20.3. The molecule has 0 bridgehead atoms. The molecule has 6 rings (SSSR count). The predicted octanol–water partition coefficient (Wildman–Crippen LogP) is 3.79. The standard InChI is InChI=1S/C28H32F2N10O4/c1-14-33-23-18(28(2,3)43)9-22(36-24(23)39(14)17-11-32-38(13-17)25(29)30)35-21-10-19-20(12-31-21)37(4)27(42)40(19)16-7-6-15(8-16)34-26(41)44-5/h9-13,15-16,25,43H,6-8H2,1-5H3,(H,34,41)(H,31,35,36)/t15-,16-/m1/s1/i4D3,15D. The number of aryl methyl sites for hydroxylation is 2. The first-order valence-corrected chi connectivity index (χ1v) is 13.6. The molecule has 14 nitrogen and oxygen atoms in total. The highest BCUT2D eigenvalue weighted by Gasteiger charge is 2.31. The summed E-state index contributed by atoms with van der Waals surface area (Å²) in [5.41, 5.74) is -0.836. The highest BCUT2D eigenvalue weighted by atomic mass is 19.3. The molecular formula is C28H32F2N10O4. The second-order valence-electron chi connectivity index (χ2n) is 11.0. The number of methoxy groups -OCH3 is 1. The number of carbonyl (C=O) groups excluding carboxylic acids is 1. The van der Waals surface area contributed by atoms with Crippen LogP contribution in [0.4, 0.5) is 25.2 Å². The van der Waals surface area contributed by atoms with Gasteiger partial charge in [0.2, 0.25) is 0 Å². The maximum atomic E-state index is 13.6. The van der Waals surface area contributed by atoms with Gasteiger partial charge in [-0.25, -0.2) is 29.2 Å². The zero-order valence-electron chi connectivity index (χ0n) is 28.2. The average Bonchev–Trinajstić information content (AvgIpc) is 3.74. The molecule has 1 aliphatic carbocycles. The number of alkyl halides is 2. The van der Waals surface area contributed by atoms with Crippen LogP contribution in [0.25, 0.3) is 27.9 Å². The molecule has 0 unspecified atom stereocenters. The number of imidazole rings is 2. The van der Waals surface area contributed by atoms with Gasteiger partial charge in [-0.3, -0.25) is 13.7 Å². The van der Waals surface area contributed by atoms with Crippen LogP contribution in [0.1, 0.15) is 62.6 Å². The molecule has 0 aliphatic heterocycles. The lowest BCUT2D eigenvalue weighted by Gasteiger charge is -2.19. The molecule has 3 N–H and O–H groups in total. The third-order valence-corrected chi connectivity index (χ3v) is 7.60. The van der Waals surface area contributed by atoms with Crippen molar-refractivity contribution in [3.8, 4) is 5.69 Å². The molecule has 44 heavy (non-hydrogen) atoms. The Morgan fingerprint density at radius 2 is 2.02 bits per heavy atom. The number of nitrogens with zero attached hydrogens (tertiary/aromatic N) is 8. The molecule has 1 saturated carbocycles. The van der Waals surface area contributed by atoms with E-state index < -0.39 is 43.0 Å². The predicted molar refractivity (Wildman–Crippen MR) is 156 cm³/mol. The number of nitrogens with one attached hydrogen (secondary N) is 2. The minimum atomic E-state index is -2.87. The number of halogens is 2. The number of rotatable bonds is 7. The fourth-order valence-corrected chi connectivity index (χ4v) is 5.57. The summed E-state index contributed by atoms with van der Waals surface area (Å²) in [5.74, 6) is 0.724. The van der Waals surface area contributed by atoms with Crippen molar-refractivity contribution >= 4 is 39.9 Å². The first kappa shape index (κ1) is 24.6. The first-order valence-electron chi connectivity index (χ1n) is 15.6. The van der Waals surface area contributed by atoms with Crippen molar-refractivity contribution in [3.63, 3.8) is 0 Å². The van der Waals surface area contributed by atoms with E-state index in [4.69, 9.17) is 5.48 Å². The molecule has 0 radical (unpaired) electrons. The van der Waals surface area contributed by atoms with Gasteiger partial charge in [0, 0.05) is 34.8 Å². The summed E-state index contributed by atoms with van der Waals surface area (Å²) in [4.78, 5) is 39.1. The number of anilines is 2. The van der Waals surface area contributed by atoms with Gasteiger partial charge in [-0.15, -0.1) is 0 Å². The summed E-state index contributed by atoms with van der Waals surface area (Å²) in [7, 11) is 1.17. The molecular weight excluding hydrogens is 578 g/mol. The molecule has 5 heterocycles. The quantitative estimate of drug-likeness (QED) is 0.248. The van der Waals surface area contributed by atoms with E-state index in [0.29, 0.717) is 26.2 Å². The van der Waals surface area contributed by atoms with Crippen LogP contribution < -0.4 is 16.3 Å². The van der Waals surface area contributed by atoms with E-state index in [9.17, 15) is 23.5 Å². The molecule has 1 fully saturated rings. The summed E-state index contributed by atoms with van der Waals surface area (Å²) in [6, 6.07) is 0.940. The Hall–Kier alpha value is -4.86. The number of hydrogen-bond donors (Lipinski definition) is 3. The lowest BCUT2D eigenvalue weighted by molar-refractivity contribution is 0.0566. The van der Waals surface area contributed by atoms with Crippen LogP contribution in [-0.4, -0.2) is 62.8 Å². The molecule has 5 aromatic heterocycles. The Labute approximate surface area is 254 Å².